The maximum atomic E-state index is 6.32. The molecule has 0 spiro atoms. The van der Waals surface area contributed by atoms with Crippen LogP contribution in [0.3, 0.4) is 0 Å². The Morgan fingerprint density at radius 2 is 2.10 bits per heavy atom. The van der Waals surface area contributed by atoms with Crippen molar-refractivity contribution in [3.05, 3.63) is 59.7 Å². The highest BCUT2D eigenvalue weighted by molar-refractivity contribution is 14.1. The molecule has 1 aromatic carbocycles. The summed E-state index contributed by atoms with van der Waals surface area (Å²) in [6.45, 7) is 1.16. The van der Waals surface area contributed by atoms with Crippen molar-refractivity contribution in [2.24, 2.45) is 0 Å². The Hall–Kier alpha value is -0.585. The van der Waals surface area contributed by atoms with Crippen LogP contribution in [0, 0.1) is 0 Å². The molecule has 4 heteroatoms. The first-order chi connectivity index (χ1) is 10.3. The molecule has 3 rings (SSSR count). The first-order valence-corrected chi connectivity index (χ1v) is 9.00. The van der Waals surface area contributed by atoms with Crippen molar-refractivity contribution in [2.75, 3.05) is 6.54 Å². The minimum Gasteiger partial charge on any atom is -0.413 e. The molecule has 2 nitrogen and oxygen atoms in total. The molecule has 0 bridgehead atoms. The van der Waals surface area contributed by atoms with Crippen LogP contribution in [0.15, 0.2) is 54.1 Å². The molecular formula is C17H21BINO. The largest absolute Gasteiger partial charge is 0.413 e. The molecule has 110 valence electrons. The number of nitrogens with zero attached hydrogens (tertiary/aromatic N) is 1. The van der Waals surface area contributed by atoms with Crippen LogP contribution in [0.2, 0.25) is 0 Å². The van der Waals surface area contributed by atoms with Gasteiger partial charge in [-0.05, 0) is 43.4 Å². The lowest BCUT2D eigenvalue weighted by Crippen LogP contribution is -2.32. The van der Waals surface area contributed by atoms with Crippen molar-refractivity contribution in [3.63, 3.8) is 0 Å². The summed E-state index contributed by atoms with van der Waals surface area (Å²) >= 11 is 2.53. The van der Waals surface area contributed by atoms with Crippen molar-refractivity contribution < 1.29 is 4.65 Å². The lowest BCUT2D eigenvalue weighted by atomic mass is 9.95. The molecule has 0 amide bonds. The third-order valence-corrected chi connectivity index (χ3v) is 5.53. The third kappa shape index (κ3) is 3.99. The van der Waals surface area contributed by atoms with Gasteiger partial charge in [-0.1, -0.05) is 71.2 Å². The molecule has 2 unspecified atom stereocenters. The first kappa shape index (κ1) is 15.3. The molecule has 1 fully saturated rings. The van der Waals surface area contributed by atoms with Gasteiger partial charge in [0, 0.05) is 0 Å². The van der Waals surface area contributed by atoms with Crippen LogP contribution in [0.4, 0.5) is 0 Å². The second-order valence-corrected chi connectivity index (χ2v) is 7.10. The van der Waals surface area contributed by atoms with Crippen LogP contribution in [0.5, 0.6) is 0 Å². The van der Waals surface area contributed by atoms with E-state index in [0.29, 0.717) is 4.05 Å². The molecule has 2 atom stereocenters. The predicted molar refractivity (Wildman–Crippen MR) is 97.6 cm³/mol. The Morgan fingerprint density at radius 1 is 1.24 bits per heavy atom. The predicted octanol–water partition coefficient (Wildman–Crippen LogP) is 4.14. The SMILES string of the molecule is IC1CCCN1BOC(C1=CCCC=C1)c1ccccc1. The minimum atomic E-state index is 0.0620. The normalized spacial score (nSPS) is 23.9. The summed E-state index contributed by atoms with van der Waals surface area (Å²) in [4.78, 5) is 2.43. The van der Waals surface area contributed by atoms with Crippen molar-refractivity contribution in [3.8, 4) is 0 Å². The lowest BCUT2D eigenvalue weighted by Gasteiger charge is -2.25. The van der Waals surface area contributed by atoms with Crippen LogP contribution in [-0.2, 0) is 4.65 Å². The third-order valence-electron chi connectivity index (χ3n) is 4.12. The molecule has 2 aliphatic rings. The minimum absolute atomic E-state index is 0.0620. The summed E-state index contributed by atoms with van der Waals surface area (Å²) in [7, 11) is 0.721. The van der Waals surface area contributed by atoms with Crippen molar-refractivity contribution in [2.45, 2.75) is 35.8 Å². The summed E-state index contributed by atoms with van der Waals surface area (Å²) in [6, 6.07) is 10.6. The summed E-state index contributed by atoms with van der Waals surface area (Å²) in [5.41, 5.74) is 2.55. The van der Waals surface area contributed by atoms with E-state index in [-0.39, 0.29) is 6.10 Å². The van der Waals surface area contributed by atoms with Gasteiger partial charge in [0.1, 0.15) is 0 Å². The number of halogens is 1. The highest BCUT2D eigenvalue weighted by Gasteiger charge is 2.25. The fourth-order valence-corrected chi connectivity index (χ4v) is 3.82. The summed E-state index contributed by atoms with van der Waals surface area (Å²) in [5.74, 6) is 0. The first-order valence-electron chi connectivity index (χ1n) is 7.76. The van der Waals surface area contributed by atoms with E-state index in [9.17, 15) is 0 Å². The molecule has 1 heterocycles. The molecule has 1 saturated heterocycles. The number of hydrogen-bond donors (Lipinski definition) is 0. The number of benzene rings is 1. The highest BCUT2D eigenvalue weighted by Crippen LogP contribution is 2.30. The van der Waals surface area contributed by atoms with Gasteiger partial charge in [0.15, 0.2) is 0 Å². The highest BCUT2D eigenvalue weighted by atomic mass is 127. The van der Waals surface area contributed by atoms with Crippen LogP contribution in [-0.4, -0.2) is 23.0 Å². The second kappa shape index (κ2) is 7.61. The van der Waals surface area contributed by atoms with E-state index in [1.54, 1.807) is 0 Å². The Balaban J connectivity index is 1.73. The van der Waals surface area contributed by atoms with Gasteiger partial charge in [-0.25, -0.2) is 0 Å². The van der Waals surface area contributed by atoms with Crippen molar-refractivity contribution in [1.29, 1.82) is 0 Å². The van der Waals surface area contributed by atoms with E-state index in [4.69, 9.17) is 4.65 Å². The fraction of sp³-hybridized carbons (Fsp3) is 0.412. The fourth-order valence-electron chi connectivity index (χ4n) is 2.94. The monoisotopic (exact) mass is 393 g/mol. The molecule has 0 radical (unpaired) electrons. The van der Waals surface area contributed by atoms with Crippen LogP contribution >= 0.6 is 22.6 Å². The Kier molecular flexibility index (Phi) is 5.55. The van der Waals surface area contributed by atoms with Gasteiger partial charge in [-0.15, -0.1) is 0 Å². The average molecular weight is 393 g/mol. The number of rotatable bonds is 5. The van der Waals surface area contributed by atoms with E-state index >= 15 is 0 Å². The van der Waals surface area contributed by atoms with E-state index in [2.05, 4.69) is 76.0 Å². The molecule has 0 saturated carbocycles. The second-order valence-electron chi connectivity index (χ2n) is 5.66. The smallest absolute Gasteiger partial charge is 0.365 e. The van der Waals surface area contributed by atoms with Crippen LogP contribution in [0.25, 0.3) is 0 Å². The zero-order valence-corrected chi connectivity index (χ0v) is 14.4. The molecular weight excluding hydrogens is 372 g/mol. The number of alkyl halides is 1. The molecule has 1 aliphatic heterocycles. The Morgan fingerprint density at radius 3 is 2.76 bits per heavy atom. The van der Waals surface area contributed by atoms with Gasteiger partial charge in [0.25, 0.3) is 0 Å². The summed E-state index contributed by atoms with van der Waals surface area (Å²) in [6.07, 6.45) is 11.7. The van der Waals surface area contributed by atoms with Gasteiger partial charge in [-0.3, -0.25) is 0 Å². The average Bonchev–Trinajstić information content (AvgIpc) is 2.95. The summed E-state index contributed by atoms with van der Waals surface area (Å²) < 4.78 is 6.94. The van der Waals surface area contributed by atoms with Gasteiger partial charge in [0.05, 0.1) is 10.2 Å². The van der Waals surface area contributed by atoms with Gasteiger partial charge < -0.3 is 9.47 Å². The number of allylic oxidation sites excluding steroid dienone is 2. The summed E-state index contributed by atoms with van der Waals surface area (Å²) in [5, 5.41) is 0. The zero-order valence-electron chi connectivity index (χ0n) is 12.2. The molecule has 0 aromatic heterocycles. The van der Waals surface area contributed by atoms with Gasteiger partial charge in [0.2, 0.25) is 0 Å². The maximum absolute atomic E-state index is 6.32. The van der Waals surface area contributed by atoms with Crippen molar-refractivity contribution >= 4 is 30.2 Å². The topological polar surface area (TPSA) is 12.5 Å². The molecule has 21 heavy (non-hydrogen) atoms. The van der Waals surface area contributed by atoms with Gasteiger partial charge in [-0.2, -0.15) is 0 Å². The standard InChI is InChI=1S/C17H21BINO/c19-16-12-7-13-20(16)18-21-17(14-8-3-1-4-9-14)15-10-5-2-6-11-15/h1,3-5,8-11,16-18H,2,6-7,12-13H2. The molecule has 0 N–H and O–H groups in total. The molecule has 1 aromatic rings. The lowest BCUT2D eigenvalue weighted by molar-refractivity contribution is 0.229. The maximum Gasteiger partial charge on any atom is 0.365 e. The number of hydrogen-bond acceptors (Lipinski definition) is 2. The zero-order chi connectivity index (χ0) is 14.5. The van der Waals surface area contributed by atoms with Crippen LogP contribution < -0.4 is 0 Å². The Labute approximate surface area is 141 Å². The van der Waals surface area contributed by atoms with E-state index in [1.807, 2.05) is 0 Å². The quantitative estimate of drug-likeness (QED) is 0.323. The van der Waals surface area contributed by atoms with Gasteiger partial charge >= 0.3 is 7.62 Å². The molecule has 1 aliphatic carbocycles. The van der Waals surface area contributed by atoms with E-state index < -0.39 is 0 Å². The van der Waals surface area contributed by atoms with Crippen LogP contribution in [0.1, 0.15) is 37.4 Å². The van der Waals surface area contributed by atoms with E-state index in [1.165, 1.54) is 24.0 Å². The van der Waals surface area contributed by atoms with Crippen molar-refractivity contribution in [1.82, 2.24) is 4.81 Å². The Bertz CT molecular complexity index is 517. The van der Waals surface area contributed by atoms with E-state index in [0.717, 1.165) is 27.0 Å².